The molecule has 10 heavy (non-hydrogen) atoms. The van der Waals surface area contributed by atoms with E-state index >= 15 is 0 Å². The summed E-state index contributed by atoms with van der Waals surface area (Å²) in [5.41, 5.74) is -0.171. The van der Waals surface area contributed by atoms with Gasteiger partial charge < -0.3 is 0 Å². The molecule has 0 saturated heterocycles. The summed E-state index contributed by atoms with van der Waals surface area (Å²) in [6, 6.07) is 2.45. The number of hydrogen-bond donors (Lipinski definition) is 1. The van der Waals surface area contributed by atoms with Crippen molar-refractivity contribution in [2.75, 3.05) is 4.83 Å². The number of rotatable bonds is 0. The van der Waals surface area contributed by atoms with Crippen LogP contribution in [0.1, 0.15) is 5.82 Å². The largest absolute Gasteiger partial charge is 0.281 e. The molecule has 0 unspecified atom stereocenters. The number of nitrogens with one attached hydrogen (secondary N) is 1. The minimum absolute atomic E-state index is 0.171. The van der Waals surface area contributed by atoms with Crippen LogP contribution in [0.15, 0.2) is 11.0 Å². The Balaban J connectivity index is 2.70. The summed E-state index contributed by atoms with van der Waals surface area (Å²) in [5.74, 6) is 1.50. The zero-order valence-corrected chi connectivity index (χ0v) is 5.81. The third-order valence-electron chi connectivity index (χ3n) is 1.22. The first-order valence-electron chi connectivity index (χ1n) is 2.74. The van der Waals surface area contributed by atoms with Crippen LogP contribution in [0.2, 0.25) is 0 Å². The van der Waals surface area contributed by atoms with E-state index in [4.69, 9.17) is 0 Å². The molecule has 1 aromatic heterocycles. The Kier molecular flexibility index (Phi) is 1.17. The van der Waals surface area contributed by atoms with Crippen LogP contribution in [0.4, 0.5) is 0 Å². The molecule has 1 aromatic rings. The van der Waals surface area contributed by atoms with Gasteiger partial charge in [0, 0.05) is 6.20 Å². The smallest absolute Gasteiger partial charge is 0.267 e. The predicted molar refractivity (Wildman–Crippen MR) is 38.0 cm³/mol. The van der Waals surface area contributed by atoms with Gasteiger partial charge in [-0.15, -0.1) is 0 Å². The Labute approximate surface area is 61.4 Å². The summed E-state index contributed by atoms with van der Waals surface area (Å²) < 4.78 is 1.39. The quantitative estimate of drug-likeness (QED) is 0.523. The fourth-order valence-corrected chi connectivity index (χ4v) is 1.47. The highest BCUT2D eigenvalue weighted by molar-refractivity contribution is 7.99. The lowest BCUT2D eigenvalue weighted by Crippen LogP contribution is -2.23. The highest BCUT2D eigenvalue weighted by atomic mass is 32.2. The van der Waals surface area contributed by atoms with Gasteiger partial charge in [-0.25, -0.2) is 4.98 Å². The molecule has 2 heterocycles. The van der Waals surface area contributed by atoms with Crippen molar-refractivity contribution in [2.24, 2.45) is 0 Å². The van der Waals surface area contributed by atoms with Crippen LogP contribution < -0.4 is 10.4 Å². The van der Waals surface area contributed by atoms with Crippen molar-refractivity contribution in [1.29, 1.82) is 0 Å². The first-order chi connectivity index (χ1) is 4.88. The number of aromatic nitrogens is 2. The third kappa shape index (κ3) is 0.706. The summed E-state index contributed by atoms with van der Waals surface area (Å²) >= 11 is 1.45. The molecule has 0 aliphatic carbocycles. The van der Waals surface area contributed by atoms with Crippen molar-refractivity contribution in [3.8, 4) is 0 Å². The van der Waals surface area contributed by atoms with E-state index in [-0.39, 0.29) is 5.56 Å². The summed E-state index contributed by atoms with van der Waals surface area (Å²) in [4.78, 5) is 17.6. The SMILES string of the molecule is O=c1[c]cnc2n1NSC2. The van der Waals surface area contributed by atoms with Gasteiger partial charge in [0.25, 0.3) is 5.56 Å². The fraction of sp³-hybridized carbons (Fsp3) is 0.200. The van der Waals surface area contributed by atoms with Crippen LogP contribution >= 0.6 is 11.9 Å². The van der Waals surface area contributed by atoms with Crippen LogP contribution in [0.25, 0.3) is 0 Å². The number of fused-ring (bicyclic) bond motifs is 1. The summed E-state index contributed by atoms with van der Waals surface area (Å²) in [5, 5.41) is 0. The molecule has 2 rings (SSSR count). The first kappa shape index (κ1) is 5.79. The average Bonchev–Trinajstić information content (AvgIpc) is 2.36. The standard InChI is InChI=1S/C5H4N3OS/c9-5-1-2-6-4-3-10-7-8(4)5/h2,7H,3H2. The zero-order chi connectivity index (χ0) is 6.97. The van der Waals surface area contributed by atoms with Gasteiger partial charge in [-0.2, -0.15) is 4.68 Å². The van der Waals surface area contributed by atoms with Gasteiger partial charge in [0.15, 0.2) is 0 Å². The van der Waals surface area contributed by atoms with E-state index in [0.717, 1.165) is 11.6 Å². The van der Waals surface area contributed by atoms with Gasteiger partial charge >= 0.3 is 0 Å². The van der Waals surface area contributed by atoms with Crippen molar-refractivity contribution in [1.82, 2.24) is 9.66 Å². The van der Waals surface area contributed by atoms with Gasteiger partial charge in [-0.05, 0) is 11.9 Å². The molecule has 1 N–H and O–H groups in total. The van der Waals surface area contributed by atoms with E-state index in [1.165, 1.54) is 22.8 Å². The minimum atomic E-state index is -0.171. The Morgan fingerprint density at radius 3 is 3.60 bits per heavy atom. The molecule has 0 aromatic carbocycles. The molecule has 0 bridgehead atoms. The molecule has 0 atom stereocenters. The van der Waals surface area contributed by atoms with E-state index in [9.17, 15) is 4.79 Å². The summed E-state index contributed by atoms with van der Waals surface area (Å²) in [6.45, 7) is 0. The molecule has 0 saturated carbocycles. The molecule has 0 spiro atoms. The van der Waals surface area contributed by atoms with Crippen molar-refractivity contribution in [3.63, 3.8) is 0 Å². The maximum absolute atomic E-state index is 10.9. The van der Waals surface area contributed by atoms with Gasteiger partial charge in [0.1, 0.15) is 5.82 Å². The van der Waals surface area contributed by atoms with Gasteiger partial charge in [-0.1, -0.05) is 0 Å². The van der Waals surface area contributed by atoms with Gasteiger partial charge in [0.2, 0.25) is 0 Å². The Bertz CT molecular complexity index is 308. The van der Waals surface area contributed by atoms with Crippen LogP contribution in [0.3, 0.4) is 0 Å². The van der Waals surface area contributed by atoms with Gasteiger partial charge in [-0.3, -0.25) is 9.63 Å². The lowest BCUT2D eigenvalue weighted by Gasteiger charge is -1.96. The second kappa shape index (κ2) is 2.02. The highest BCUT2D eigenvalue weighted by Gasteiger charge is 2.10. The molecule has 1 aliphatic rings. The molecule has 1 radical (unpaired) electrons. The second-order valence-electron chi connectivity index (χ2n) is 1.84. The van der Waals surface area contributed by atoms with E-state index in [1.807, 2.05) is 0 Å². The van der Waals surface area contributed by atoms with Crippen molar-refractivity contribution >= 4 is 11.9 Å². The molecule has 0 fully saturated rings. The molecule has 4 nitrogen and oxygen atoms in total. The molecular formula is C5H4N3OS. The van der Waals surface area contributed by atoms with Crippen LogP contribution in [-0.2, 0) is 5.75 Å². The van der Waals surface area contributed by atoms with E-state index in [1.54, 1.807) is 0 Å². The lowest BCUT2D eigenvalue weighted by molar-refractivity contribution is 0.845. The number of hydrogen-bond acceptors (Lipinski definition) is 4. The maximum atomic E-state index is 10.9. The molecule has 5 heteroatoms. The average molecular weight is 154 g/mol. The normalized spacial score (nSPS) is 14.4. The Hall–Kier alpha value is -0.970. The zero-order valence-electron chi connectivity index (χ0n) is 5.00. The van der Waals surface area contributed by atoms with E-state index < -0.39 is 0 Å². The molecular weight excluding hydrogens is 150 g/mol. The van der Waals surface area contributed by atoms with Crippen molar-refractivity contribution in [3.05, 3.63) is 28.4 Å². The van der Waals surface area contributed by atoms with Crippen molar-refractivity contribution < 1.29 is 0 Å². The minimum Gasteiger partial charge on any atom is -0.267 e. The number of nitrogens with zero attached hydrogens (tertiary/aromatic N) is 2. The molecule has 0 amide bonds. The van der Waals surface area contributed by atoms with Gasteiger partial charge in [0.05, 0.1) is 11.8 Å². The Morgan fingerprint density at radius 2 is 2.80 bits per heavy atom. The summed E-state index contributed by atoms with van der Waals surface area (Å²) in [7, 11) is 0. The molecule has 51 valence electrons. The first-order valence-corrected chi connectivity index (χ1v) is 3.73. The van der Waals surface area contributed by atoms with Crippen LogP contribution in [-0.4, -0.2) is 9.66 Å². The lowest BCUT2D eigenvalue weighted by atomic mass is 10.6. The monoisotopic (exact) mass is 154 g/mol. The van der Waals surface area contributed by atoms with E-state index in [0.29, 0.717) is 0 Å². The topological polar surface area (TPSA) is 46.9 Å². The van der Waals surface area contributed by atoms with E-state index in [2.05, 4.69) is 15.9 Å². The maximum Gasteiger partial charge on any atom is 0.281 e. The van der Waals surface area contributed by atoms with Crippen LogP contribution in [0, 0.1) is 6.07 Å². The second-order valence-corrected chi connectivity index (χ2v) is 2.60. The highest BCUT2D eigenvalue weighted by Crippen LogP contribution is 2.11. The summed E-state index contributed by atoms with van der Waals surface area (Å²) in [6.07, 6.45) is 1.40. The Morgan fingerprint density at radius 1 is 1.90 bits per heavy atom. The molecule has 1 aliphatic heterocycles. The predicted octanol–water partition coefficient (Wildman–Crippen LogP) is -0.251. The third-order valence-corrected chi connectivity index (χ3v) is 1.93. The van der Waals surface area contributed by atoms with Crippen molar-refractivity contribution in [2.45, 2.75) is 5.75 Å². The fourth-order valence-electron chi connectivity index (χ4n) is 0.759. The van der Waals surface area contributed by atoms with Crippen LogP contribution in [0.5, 0.6) is 0 Å².